The van der Waals surface area contributed by atoms with Crippen molar-refractivity contribution >= 4 is 22.5 Å². The van der Waals surface area contributed by atoms with Crippen LogP contribution in [0.1, 0.15) is 19.3 Å². The molecule has 0 aliphatic heterocycles. The van der Waals surface area contributed by atoms with Gasteiger partial charge in [-0.1, -0.05) is 48.1 Å². The van der Waals surface area contributed by atoms with E-state index >= 15 is 0 Å². The summed E-state index contributed by atoms with van der Waals surface area (Å²) in [6.45, 7) is 0.504. The summed E-state index contributed by atoms with van der Waals surface area (Å²) < 4.78 is 0. The lowest BCUT2D eigenvalue weighted by atomic mass is 10.1. The number of anilines is 1. The van der Waals surface area contributed by atoms with Crippen molar-refractivity contribution in [3.05, 3.63) is 36.5 Å². The van der Waals surface area contributed by atoms with Gasteiger partial charge in [0.2, 0.25) is 0 Å². The molecule has 2 atom stereocenters. The summed E-state index contributed by atoms with van der Waals surface area (Å²) in [5.41, 5.74) is 1.09. The standard InChI is InChI=1S/C16H19N3O2S/c20-13-8-4-7-12(13)9-17-15(21)19-16-18-10-14(22-16)11-5-2-1-3-6-11/h1-3,5-6,10,12-13,20H,4,7-9H2,(H2,17,18,19,21). The number of amides is 2. The van der Waals surface area contributed by atoms with Gasteiger partial charge in [-0.25, -0.2) is 9.78 Å². The molecule has 1 aliphatic rings. The SMILES string of the molecule is O=C(NCC1CCCC1O)Nc1ncc(-c2ccccc2)s1. The minimum atomic E-state index is -0.287. The number of urea groups is 1. The zero-order chi connectivity index (χ0) is 15.4. The Morgan fingerprint density at radius 2 is 2.14 bits per heavy atom. The van der Waals surface area contributed by atoms with Gasteiger partial charge in [-0.2, -0.15) is 0 Å². The van der Waals surface area contributed by atoms with Crippen molar-refractivity contribution < 1.29 is 9.90 Å². The smallest absolute Gasteiger partial charge is 0.321 e. The Morgan fingerprint density at radius 1 is 1.32 bits per heavy atom. The van der Waals surface area contributed by atoms with E-state index in [4.69, 9.17) is 0 Å². The number of nitrogens with one attached hydrogen (secondary N) is 2. The van der Waals surface area contributed by atoms with Crippen LogP contribution in [0.2, 0.25) is 0 Å². The number of carbonyl (C=O) groups excluding carboxylic acids is 1. The van der Waals surface area contributed by atoms with Crippen LogP contribution >= 0.6 is 11.3 Å². The van der Waals surface area contributed by atoms with E-state index in [0.29, 0.717) is 11.7 Å². The second-order valence-corrected chi connectivity index (χ2v) is 6.52. The Morgan fingerprint density at radius 3 is 2.86 bits per heavy atom. The van der Waals surface area contributed by atoms with Crippen molar-refractivity contribution in [1.29, 1.82) is 0 Å². The lowest BCUT2D eigenvalue weighted by molar-refractivity contribution is 0.133. The molecule has 0 saturated heterocycles. The van der Waals surface area contributed by atoms with Gasteiger partial charge in [-0.15, -0.1) is 0 Å². The molecule has 6 heteroatoms. The predicted molar refractivity (Wildman–Crippen MR) is 87.9 cm³/mol. The fraction of sp³-hybridized carbons (Fsp3) is 0.375. The van der Waals surface area contributed by atoms with Crippen LogP contribution in [0.25, 0.3) is 10.4 Å². The third-order valence-corrected chi connectivity index (χ3v) is 4.89. The van der Waals surface area contributed by atoms with E-state index in [9.17, 15) is 9.90 Å². The summed E-state index contributed by atoms with van der Waals surface area (Å²) in [6, 6.07) is 9.67. The molecule has 0 bridgehead atoms. The number of nitrogens with zero attached hydrogens (tertiary/aromatic N) is 1. The summed E-state index contributed by atoms with van der Waals surface area (Å²) in [4.78, 5) is 17.1. The summed E-state index contributed by atoms with van der Waals surface area (Å²) in [5, 5.41) is 15.9. The van der Waals surface area contributed by atoms with Crippen molar-refractivity contribution in [2.24, 2.45) is 5.92 Å². The maximum atomic E-state index is 11.9. The number of hydrogen-bond donors (Lipinski definition) is 3. The molecule has 2 unspecified atom stereocenters. The average Bonchev–Trinajstić information content (AvgIpc) is 3.15. The second-order valence-electron chi connectivity index (χ2n) is 5.49. The first-order chi connectivity index (χ1) is 10.7. The van der Waals surface area contributed by atoms with Crippen LogP contribution in [0.4, 0.5) is 9.93 Å². The monoisotopic (exact) mass is 317 g/mol. The van der Waals surface area contributed by atoms with E-state index in [1.165, 1.54) is 11.3 Å². The van der Waals surface area contributed by atoms with Crippen molar-refractivity contribution in [3.63, 3.8) is 0 Å². The fourth-order valence-corrected chi connectivity index (χ4v) is 3.51. The summed E-state index contributed by atoms with van der Waals surface area (Å²) in [7, 11) is 0. The first-order valence-electron chi connectivity index (χ1n) is 7.46. The van der Waals surface area contributed by atoms with Crippen molar-refractivity contribution in [2.75, 3.05) is 11.9 Å². The Labute approximate surface area is 133 Å². The zero-order valence-electron chi connectivity index (χ0n) is 12.2. The van der Waals surface area contributed by atoms with Gasteiger partial charge in [-0.3, -0.25) is 5.32 Å². The van der Waals surface area contributed by atoms with E-state index in [2.05, 4.69) is 15.6 Å². The topological polar surface area (TPSA) is 74.2 Å². The highest BCUT2D eigenvalue weighted by Crippen LogP contribution is 2.28. The number of aliphatic hydroxyl groups excluding tert-OH is 1. The van der Waals surface area contributed by atoms with Gasteiger partial charge in [0.25, 0.3) is 0 Å². The number of benzene rings is 1. The van der Waals surface area contributed by atoms with E-state index in [1.54, 1.807) is 6.20 Å². The lowest BCUT2D eigenvalue weighted by Crippen LogP contribution is -2.35. The summed E-state index contributed by atoms with van der Waals surface area (Å²) in [5.74, 6) is 0.168. The molecule has 1 saturated carbocycles. The third kappa shape index (κ3) is 3.64. The number of aliphatic hydroxyl groups is 1. The average molecular weight is 317 g/mol. The number of hydrogen-bond acceptors (Lipinski definition) is 4. The molecule has 5 nitrogen and oxygen atoms in total. The molecule has 116 valence electrons. The highest BCUT2D eigenvalue weighted by molar-refractivity contribution is 7.19. The van der Waals surface area contributed by atoms with Gasteiger partial charge in [-0.05, 0) is 18.4 Å². The Bertz CT molecular complexity index is 629. The molecular weight excluding hydrogens is 298 g/mol. The van der Waals surface area contributed by atoms with Crippen LogP contribution in [0, 0.1) is 5.92 Å². The van der Waals surface area contributed by atoms with E-state index < -0.39 is 0 Å². The molecule has 0 spiro atoms. The Balaban J connectivity index is 1.53. The molecule has 0 radical (unpaired) electrons. The first kappa shape index (κ1) is 15.0. The van der Waals surface area contributed by atoms with Crippen LogP contribution in [0.15, 0.2) is 36.5 Å². The predicted octanol–water partition coefficient (Wildman–Crippen LogP) is 3.09. The minimum Gasteiger partial charge on any atom is -0.393 e. The zero-order valence-corrected chi connectivity index (χ0v) is 13.0. The molecule has 2 aromatic rings. The first-order valence-corrected chi connectivity index (χ1v) is 8.28. The summed E-state index contributed by atoms with van der Waals surface area (Å²) in [6.07, 6.45) is 4.31. The molecule has 1 aromatic heterocycles. The Hall–Kier alpha value is -1.92. The van der Waals surface area contributed by atoms with Crippen LogP contribution in [-0.4, -0.2) is 28.8 Å². The third-order valence-electron chi connectivity index (χ3n) is 3.93. The largest absolute Gasteiger partial charge is 0.393 e. The highest BCUT2D eigenvalue weighted by atomic mass is 32.1. The molecule has 1 heterocycles. The van der Waals surface area contributed by atoms with Crippen LogP contribution in [0.3, 0.4) is 0 Å². The molecular formula is C16H19N3O2S. The van der Waals surface area contributed by atoms with E-state index in [1.807, 2.05) is 30.3 Å². The van der Waals surface area contributed by atoms with Crippen LogP contribution in [0.5, 0.6) is 0 Å². The molecule has 1 aromatic carbocycles. The van der Waals surface area contributed by atoms with Gasteiger partial charge < -0.3 is 10.4 Å². The van der Waals surface area contributed by atoms with Gasteiger partial charge in [0.15, 0.2) is 5.13 Å². The lowest BCUT2D eigenvalue weighted by Gasteiger charge is -2.14. The van der Waals surface area contributed by atoms with Crippen molar-refractivity contribution in [2.45, 2.75) is 25.4 Å². The van der Waals surface area contributed by atoms with Gasteiger partial charge in [0.05, 0.1) is 11.0 Å². The number of thiazole rings is 1. The Kier molecular flexibility index (Phi) is 4.70. The van der Waals surface area contributed by atoms with E-state index in [-0.39, 0.29) is 18.1 Å². The van der Waals surface area contributed by atoms with E-state index in [0.717, 1.165) is 29.7 Å². The molecule has 3 rings (SSSR count). The molecule has 1 aliphatic carbocycles. The van der Waals surface area contributed by atoms with Crippen LogP contribution in [-0.2, 0) is 0 Å². The van der Waals surface area contributed by atoms with Gasteiger partial charge >= 0.3 is 6.03 Å². The fourth-order valence-electron chi connectivity index (χ4n) is 2.69. The maximum Gasteiger partial charge on any atom is 0.321 e. The second kappa shape index (κ2) is 6.89. The molecule has 1 fully saturated rings. The summed E-state index contributed by atoms with van der Waals surface area (Å²) >= 11 is 1.44. The van der Waals surface area contributed by atoms with Crippen molar-refractivity contribution in [3.8, 4) is 10.4 Å². The van der Waals surface area contributed by atoms with Gasteiger partial charge in [0, 0.05) is 18.7 Å². The molecule has 3 N–H and O–H groups in total. The quantitative estimate of drug-likeness (QED) is 0.811. The number of rotatable bonds is 4. The maximum absolute atomic E-state index is 11.9. The van der Waals surface area contributed by atoms with Crippen molar-refractivity contribution in [1.82, 2.24) is 10.3 Å². The normalized spacial score (nSPS) is 20.8. The van der Waals surface area contributed by atoms with Crippen LogP contribution < -0.4 is 10.6 Å². The minimum absolute atomic E-state index is 0.168. The highest BCUT2D eigenvalue weighted by Gasteiger charge is 2.25. The number of carbonyl (C=O) groups is 1. The molecule has 2 amide bonds. The van der Waals surface area contributed by atoms with Gasteiger partial charge in [0.1, 0.15) is 0 Å². The number of aromatic nitrogens is 1. The molecule has 22 heavy (non-hydrogen) atoms.